The fraction of sp³-hybridized carbons (Fsp3) is 0.516. The van der Waals surface area contributed by atoms with Crippen LogP contribution < -0.4 is 14.8 Å². The number of carboxylic acid groups (broad SMARTS) is 2. The van der Waals surface area contributed by atoms with Crippen molar-refractivity contribution in [2.45, 2.75) is 77.0 Å². The average molecular weight is 540 g/mol. The van der Waals surface area contributed by atoms with Gasteiger partial charge in [-0.3, -0.25) is 9.59 Å². The van der Waals surface area contributed by atoms with E-state index in [0.29, 0.717) is 24.3 Å². The van der Waals surface area contributed by atoms with Crippen LogP contribution in [0.25, 0.3) is 0 Å². The molecule has 0 unspecified atom stereocenters. The summed E-state index contributed by atoms with van der Waals surface area (Å²) < 4.78 is 11.8. The summed E-state index contributed by atoms with van der Waals surface area (Å²) in [6.07, 6.45) is 11.1. The van der Waals surface area contributed by atoms with Gasteiger partial charge in [0.2, 0.25) is 5.91 Å². The lowest BCUT2D eigenvalue weighted by atomic mass is 9.86. The van der Waals surface area contributed by atoms with Crippen molar-refractivity contribution in [2.24, 2.45) is 5.92 Å². The molecule has 0 radical (unpaired) electrons. The molecule has 1 aliphatic carbocycles. The van der Waals surface area contributed by atoms with E-state index in [0.717, 1.165) is 37.5 Å². The number of carbonyl (C=O) groups is 3. The van der Waals surface area contributed by atoms with Gasteiger partial charge in [-0.2, -0.15) is 0 Å². The average Bonchev–Trinajstić information content (AvgIpc) is 2.93. The lowest BCUT2D eigenvalue weighted by molar-refractivity contribution is -0.137. The van der Waals surface area contributed by atoms with Gasteiger partial charge in [-0.1, -0.05) is 44.2 Å². The zero-order valence-corrected chi connectivity index (χ0v) is 22.7. The van der Waals surface area contributed by atoms with E-state index >= 15 is 0 Å². The fourth-order valence-electron chi connectivity index (χ4n) is 4.94. The van der Waals surface area contributed by atoms with Crippen molar-refractivity contribution in [3.8, 4) is 11.5 Å². The van der Waals surface area contributed by atoms with Crippen molar-refractivity contribution in [1.29, 1.82) is 0 Å². The first kappa shape index (κ1) is 30.0. The van der Waals surface area contributed by atoms with Gasteiger partial charge in [0.1, 0.15) is 11.5 Å². The third kappa shape index (κ3) is 11.4. The minimum atomic E-state index is -1.08. The minimum absolute atomic E-state index is 0.0285. The van der Waals surface area contributed by atoms with E-state index in [1.54, 1.807) is 6.07 Å². The van der Waals surface area contributed by atoms with Crippen molar-refractivity contribution >= 4 is 17.8 Å². The summed E-state index contributed by atoms with van der Waals surface area (Å²) in [6.45, 7) is 1.41. The molecule has 2 aromatic rings. The summed E-state index contributed by atoms with van der Waals surface area (Å²) in [5.41, 5.74) is 1.73. The van der Waals surface area contributed by atoms with Crippen molar-refractivity contribution in [1.82, 2.24) is 5.32 Å². The van der Waals surface area contributed by atoms with E-state index in [4.69, 9.17) is 14.6 Å². The Hall–Kier alpha value is -3.55. The van der Waals surface area contributed by atoms with Crippen molar-refractivity contribution < 1.29 is 34.1 Å². The van der Waals surface area contributed by atoms with Gasteiger partial charge in [0, 0.05) is 18.5 Å². The number of hydrogen-bond acceptors (Lipinski definition) is 5. The first-order valence-electron chi connectivity index (χ1n) is 14.1. The fourth-order valence-corrected chi connectivity index (χ4v) is 4.94. The van der Waals surface area contributed by atoms with Crippen LogP contribution >= 0.6 is 0 Å². The predicted molar refractivity (Wildman–Crippen MR) is 149 cm³/mol. The molecular formula is C31H41NO7. The molecule has 0 saturated heterocycles. The molecule has 0 aromatic heterocycles. The van der Waals surface area contributed by atoms with Gasteiger partial charge in [-0.05, 0) is 73.9 Å². The van der Waals surface area contributed by atoms with Crippen LogP contribution in [-0.2, 0) is 22.4 Å². The number of ether oxygens (including phenoxy) is 2. The Morgan fingerprint density at radius 1 is 0.872 bits per heavy atom. The number of aryl methyl sites for hydroxylation is 1. The van der Waals surface area contributed by atoms with Crippen molar-refractivity contribution in [2.75, 3.05) is 19.8 Å². The van der Waals surface area contributed by atoms with Gasteiger partial charge in [-0.15, -0.1) is 0 Å². The molecule has 0 aliphatic heterocycles. The molecule has 1 aliphatic rings. The van der Waals surface area contributed by atoms with E-state index in [1.807, 2.05) is 12.1 Å². The molecule has 3 N–H and O–H groups in total. The number of hydrogen-bond donors (Lipinski definition) is 3. The quantitative estimate of drug-likeness (QED) is 0.222. The Kier molecular flexibility index (Phi) is 12.6. The van der Waals surface area contributed by atoms with Crippen LogP contribution in [0.3, 0.4) is 0 Å². The molecule has 2 aromatic carbocycles. The van der Waals surface area contributed by atoms with Crippen molar-refractivity contribution in [3.63, 3.8) is 0 Å². The van der Waals surface area contributed by atoms with Gasteiger partial charge in [0.05, 0.1) is 25.2 Å². The molecule has 39 heavy (non-hydrogen) atoms. The maximum atomic E-state index is 12.3. The number of amides is 1. The van der Waals surface area contributed by atoms with Crippen LogP contribution in [-0.4, -0.2) is 47.8 Å². The van der Waals surface area contributed by atoms with E-state index in [1.165, 1.54) is 56.2 Å². The Labute approximate surface area is 230 Å². The van der Waals surface area contributed by atoms with E-state index < -0.39 is 11.9 Å². The number of carbonyl (C=O) groups excluding carboxylic acids is 1. The first-order chi connectivity index (χ1) is 18.9. The summed E-state index contributed by atoms with van der Waals surface area (Å²) in [5, 5.41) is 20.7. The minimum Gasteiger partial charge on any atom is -0.494 e. The molecule has 8 nitrogen and oxygen atoms in total. The van der Waals surface area contributed by atoms with Crippen LogP contribution in [0.4, 0.5) is 0 Å². The van der Waals surface area contributed by atoms with Crippen molar-refractivity contribution in [3.05, 3.63) is 59.2 Å². The summed E-state index contributed by atoms with van der Waals surface area (Å²) in [5.74, 6) is -0.0738. The second-order valence-electron chi connectivity index (χ2n) is 10.2. The topological polar surface area (TPSA) is 122 Å². The third-order valence-electron chi connectivity index (χ3n) is 7.09. The number of aromatic carboxylic acids is 1. The molecule has 1 fully saturated rings. The number of carboxylic acids is 2. The highest BCUT2D eigenvalue weighted by Crippen LogP contribution is 2.27. The smallest absolute Gasteiger partial charge is 0.335 e. The molecule has 1 amide bonds. The van der Waals surface area contributed by atoms with Gasteiger partial charge in [-0.25, -0.2) is 4.79 Å². The standard InChI is InChI=1S/C31H41NO7/c33-29(32-18-4-11-30(34)35)22-26-21-25(31(36)37)14-17-28(26)39-20-6-10-24-12-15-27(16-13-24)38-19-5-9-23-7-2-1-3-8-23/h12-17,21,23H,1-11,18-20,22H2,(H,32,33)(H,34,35)(H,36,37). The summed E-state index contributed by atoms with van der Waals surface area (Å²) >= 11 is 0. The summed E-state index contributed by atoms with van der Waals surface area (Å²) in [4.78, 5) is 34.3. The van der Waals surface area contributed by atoms with E-state index in [-0.39, 0.29) is 30.9 Å². The van der Waals surface area contributed by atoms with Crippen LogP contribution in [0.1, 0.15) is 85.7 Å². The van der Waals surface area contributed by atoms with Crippen LogP contribution in [0.2, 0.25) is 0 Å². The van der Waals surface area contributed by atoms with Crippen LogP contribution in [0, 0.1) is 5.92 Å². The highest BCUT2D eigenvalue weighted by atomic mass is 16.5. The number of rotatable bonds is 17. The summed E-state index contributed by atoms with van der Waals surface area (Å²) in [7, 11) is 0. The molecule has 8 heteroatoms. The maximum absolute atomic E-state index is 12.3. The molecular weight excluding hydrogens is 498 g/mol. The zero-order chi connectivity index (χ0) is 27.9. The lowest BCUT2D eigenvalue weighted by Crippen LogP contribution is -2.26. The van der Waals surface area contributed by atoms with Gasteiger partial charge in [0.25, 0.3) is 0 Å². The second kappa shape index (κ2) is 16.4. The Balaban J connectivity index is 1.40. The van der Waals surface area contributed by atoms with Gasteiger partial charge < -0.3 is 25.0 Å². The maximum Gasteiger partial charge on any atom is 0.335 e. The molecule has 0 bridgehead atoms. The second-order valence-corrected chi connectivity index (χ2v) is 10.2. The Bertz CT molecular complexity index is 1060. The highest BCUT2D eigenvalue weighted by molar-refractivity contribution is 5.89. The predicted octanol–water partition coefficient (Wildman–Crippen LogP) is 5.66. The molecule has 212 valence electrons. The highest BCUT2D eigenvalue weighted by Gasteiger charge is 2.14. The van der Waals surface area contributed by atoms with Gasteiger partial charge >= 0.3 is 11.9 Å². The van der Waals surface area contributed by atoms with E-state index in [2.05, 4.69) is 17.4 Å². The number of aliphatic carboxylic acids is 1. The third-order valence-corrected chi connectivity index (χ3v) is 7.09. The monoisotopic (exact) mass is 539 g/mol. The molecule has 0 spiro atoms. The SMILES string of the molecule is O=C(O)CCCNC(=O)Cc1cc(C(=O)O)ccc1OCCCc1ccc(OCCCC2CCCCC2)cc1. The zero-order valence-electron chi connectivity index (χ0n) is 22.7. The Morgan fingerprint density at radius 3 is 2.33 bits per heavy atom. The molecule has 3 rings (SSSR count). The molecule has 0 heterocycles. The molecule has 1 saturated carbocycles. The normalized spacial score (nSPS) is 13.5. The molecule has 0 atom stereocenters. The first-order valence-corrected chi connectivity index (χ1v) is 14.1. The number of benzene rings is 2. The van der Waals surface area contributed by atoms with Crippen LogP contribution in [0.5, 0.6) is 11.5 Å². The Morgan fingerprint density at radius 2 is 1.62 bits per heavy atom. The summed E-state index contributed by atoms with van der Waals surface area (Å²) in [6, 6.07) is 12.6. The van der Waals surface area contributed by atoms with Gasteiger partial charge in [0.15, 0.2) is 0 Å². The lowest BCUT2D eigenvalue weighted by Gasteiger charge is -2.21. The number of nitrogens with one attached hydrogen (secondary N) is 1. The largest absolute Gasteiger partial charge is 0.494 e. The van der Waals surface area contributed by atoms with E-state index in [9.17, 15) is 19.5 Å². The van der Waals surface area contributed by atoms with Crippen LogP contribution in [0.15, 0.2) is 42.5 Å².